The second-order valence-electron chi connectivity index (χ2n) is 10.3. The highest BCUT2D eigenvalue weighted by Gasteiger charge is 2.50. The Labute approximate surface area is 226 Å². The molecule has 3 atom stereocenters. The molecule has 0 aromatic carbocycles. The molecule has 3 aliphatic rings. The molecule has 9 heteroatoms. The van der Waals surface area contributed by atoms with Crippen LogP contribution in [0.4, 0.5) is 4.79 Å². The number of unbranched alkanes of at least 4 members (excludes halogenated alkanes) is 3. The fraction of sp³-hybridized carbons (Fsp3) is 0.500. The molecule has 1 aliphatic carbocycles. The number of nitrogens with one attached hydrogen (secondary N) is 1. The number of hydrogen-bond donors (Lipinski definition) is 1. The van der Waals surface area contributed by atoms with Gasteiger partial charge in [-0.05, 0) is 67.1 Å². The maximum Gasteiger partial charge on any atom is 0.325 e. The van der Waals surface area contributed by atoms with Crippen LogP contribution in [0.3, 0.4) is 0 Å². The minimum atomic E-state index is -0.959. The second-order valence-corrected chi connectivity index (χ2v) is 12.3. The Hall–Kier alpha value is -2.78. The molecule has 7 nitrogen and oxygen atoms in total. The summed E-state index contributed by atoms with van der Waals surface area (Å²) in [5, 5.41) is 13.4. The standard InChI is InChI=1S/C28H34N4O3S2/c1-3-4-5-6-14-28(2)26(34)31(27(35)29-28)18-23(33)32-25(22-13-9-16-37-22)21-12-7-10-19(24(21)30-32)17-20-11-8-15-36-20/h8-9,11,13,15-17,21,25H,3-7,10,12,14,18H2,1-2H3,(H,29,35)/b19-17-/t21-,25+,28-/m0/s1. The summed E-state index contributed by atoms with van der Waals surface area (Å²) in [6.07, 6.45) is 9.76. The van der Waals surface area contributed by atoms with Crippen LogP contribution in [-0.2, 0) is 9.59 Å². The Balaban J connectivity index is 1.38. The van der Waals surface area contributed by atoms with Crippen molar-refractivity contribution in [2.24, 2.45) is 11.0 Å². The summed E-state index contributed by atoms with van der Waals surface area (Å²) in [6.45, 7) is 3.61. The van der Waals surface area contributed by atoms with E-state index in [-0.39, 0.29) is 30.3 Å². The lowest BCUT2D eigenvalue weighted by atomic mass is 9.79. The molecule has 5 rings (SSSR count). The monoisotopic (exact) mass is 538 g/mol. The number of allylic oxidation sites excluding steroid dienone is 1. The minimum Gasteiger partial charge on any atom is -0.323 e. The number of hydrogen-bond acceptors (Lipinski definition) is 6. The van der Waals surface area contributed by atoms with Crippen molar-refractivity contribution in [3.05, 3.63) is 50.4 Å². The van der Waals surface area contributed by atoms with Crippen molar-refractivity contribution in [2.45, 2.75) is 76.8 Å². The van der Waals surface area contributed by atoms with Gasteiger partial charge in [0.15, 0.2) is 0 Å². The lowest BCUT2D eigenvalue weighted by Gasteiger charge is -2.29. The fourth-order valence-electron chi connectivity index (χ4n) is 5.66. The van der Waals surface area contributed by atoms with Gasteiger partial charge in [0, 0.05) is 15.7 Å². The largest absolute Gasteiger partial charge is 0.325 e. The fourth-order valence-corrected chi connectivity index (χ4v) is 7.22. The lowest BCUT2D eigenvalue weighted by Crippen LogP contribution is -2.45. The summed E-state index contributed by atoms with van der Waals surface area (Å²) in [5.41, 5.74) is 1.18. The van der Waals surface area contributed by atoms with Crippen molar-refractivity contribution >= 4 is 52.3 Å². The van der Waals surface area contributed by atoms with Gasteiger partial charge >= 0.3 is 6.03 Å². The first-order valence-corrected chi connectivity index (χ1v) is 15.0. The Morgan fingerprint density at radius 2 is 2.00 bits per heavy atom. The molecule has 4 amide bonds. The van der Waals surface area contributed by atoms with Gasteiger partial charge in [-0.15, -0.1) is 22.7 Å². The molecule has 0 spiro atoms. The molecule has 2 aliphatic heterocycles. The van der Waals surface area contributed by atoms with Crippen molar-refractivity contribution in [3.63, 3.8) is 0 Å². The molecule has 0 bridgehead atoms. The maximum absolute atomic E-state index is 13.7. The van der Waals surface area contributed by atoms with E-state index in [1.54, 1.807) is 34.6 Å². The number of thiophene rings is 2. The van der Waals surface area contributed by atoms with E-state index in [9.17, 15) is 14.4 Å². The summed E-state index contributed by atoms with van der Waals surface area (Å²) in [5.74, 6) is -0.540. The molecule has 2 aromatic heterocycles. The molecule has 1 saturated heterocycles. The topological polar surface area (TPSA) is 82.1 Å². The van der Waals surface area contributed by atoms with Crippen LogP contribution in [-0.4, -0.2) is 45.5 Å². The number of carbonyl (C=O) groups excluding carboxylic acids is 3. The first-order valence-electron chi connectivity index (χ1n) is 13.2. The van der Waals surface area contributed by atoms with Gasteiger partial charge in [0.25, 0.3) is 11.8 Å². The average Bonchev–Trinajstić information content (AvgIpc) is 3.67. The van der Waals surface area contributed by atoms with Gasteiger partial charge in [-0.25, -0.2) is 9.80 Å². The van der Waals surface area contributed by atoms with Gasteiger partial charge in [0.2, 0.25) is 0 Å². The molecule has 196 valence electrons. The van der Waals surface area contributed by atoms with Crippen LogP contribution in [0, 0.1) is 5.92 Å². The number of imide groups is 1. The van der Waals surface area contributed by atoms with E-state index in [1.807, 2.05) is 23.6 Å². The Morgan fingerprint density at radius 3 is 2.73 bits per heavy atom. The summed E-state index contributed by atoms with van der Waals surface area (Å²) in [4.78, 5) is 43.1. The van der Waals surface area contributed by atoms with E-state index in [4.69, 9.17) is 5.10 Å². The van der Waals surface area contributed by atoms with E-state index in [1.165, 1.54) is 10.5 Å². The van der Waals surface area contributed by atoms with Crippen molar-refractivity contribution < 1.29 is 14.4 Å². The summed E-state index contributed by atoms with van der Waals surface area (Å²) < 4.78 is 0. The van der Waals surface area contributed by atoms with Crippen LogP contribution in [0.1, 0.15) is 81.0 Å². The summed E-state index contributed by atoms with van der Waals surface area (Å²) in [7, 11) is 0. The number of fused-ring (bicyclic) bond motifs is 1. The molecule has 2 aromatic rings. The van der Waals surface area contributed by atoms with Gasteiger partial charge in [-0.3, -0.25) is 14.5 Å². The Bertz CT molecular complexity index is 1200. The van der Waals surface area contributed by atoms with E-state index < -0.39 is 11.6 Å². The molecule has 2 fully saturated rings. The first kappa shape index (κ1) is 25.9. The minimum absolute atomic E-state index is 0.106. The number of hydrazone groups is 1. The quantitative estimate of drug-likeness (QED) is 0.304. The predicted octanol–water partition coefficient (Wildman–Crippen LogP) is 6.21. The molecule has 37 heavy (non-hydrogen) atoms. The van der Waals surface area contributed by atoms with Gasteiger partial charge in [0.1, 0.15) is 12.1 Å². The third kappa shape index (κ3) is 5.16. The molecular formula is C28H34N4O3S2. The van der Waals surface area contributed by atoms with Crippen LogP contribution >= 0.6 is 22.7 Å². The first-order chi connectivity index (χ1) is 17.9. The van der Waals surface area contributed by atoms with E-state index in [0.717, 1.165) is 60.4 Å². The molecule has 1 N–H and O–H groups in total. The van der Waals surface area contributed by atoms with E-state index >= 15 is 0 Å². The highest BCUT2D eigenvalue weighted by atomic mass is 32.1. The van der Waals surface area contributed by atoms with E-state index in [0.29, 0.717) is 6.42 Å². The number of amides is 4. The molecule has 4 heterocycles. The maximum atomic E-state index is 13.7. The second kappa shape index (κ2) is 10.9. The zero-order valence-electron chi connectivity index (χ0n) is 21.4. The van der Waals surface area contributed by atoms with E-state index in [2.05, 4.69) is 29.8 Å². The number of rotatable bonds is 9. The summed E-state index contributed by atoms with van der Waals surface area (Å²) >= 11 is 3.30. The lowest BCUT2D eigenvalue weighted by molar-refractivity contribution is -0.140. The Morgan fingerprint density at radius 1 is 1.19 bits per heavy atom. The molecular weight excluding hydrogens is 504 g/mol. The normalized spacial score (nSPS) is 26.5. The smallest absolute Gasteiger partial charge is 0.323 e. The van der Waals surface area contributed by atoms with Crippen molar-refractivity contribution in [1.82, 2.24) is 15.2 Å². The Kier molecular flexibility index (Phi) is 7.62. The SMILES string of the molecule is CCCCCC[C@]1(C)NC(=O)N(CC(=O)N2N=C3/C(=C\c4cccs4)CCC[C@@H]3[C@@H]2c2cccs2)C1=O. The zero-order valence-corrected chi connectivity index (χ0v) is 23.1. The van der Waals surface area contributed by atoms with Crippen LogP contribution in [0.2, 0.25) is 0 Å². The number of nitrogens with zero attached hydrogens (tertiary/aromatic N) is 3. The van der Waals surface area contributed by atoms with Crippen molar-refractivity contribution in [3.8, 4) is 0 Å². The molecule has 1 saturated carbocycles. The van der Waals surface area contributed by atoms with Gasteiger partial charge in [-0.1, -0.05) is 44.7 Å². The van der Waals surface area contributed by atoms with Crippen molar-refractivity contribution in [2.75, 3.05) is 6.54 Å². The molecule has 0 unspecified atom stereocenters. The average molecular weight is 539 g/mol. The number of carbonyl (C=O) groups is 3. The van der Waals surface area contributed by atoms with Gasteiger partial charge < -0.3 is 5.32 Å². The van der Waals surface area contributed by atoms with Crippen LogP contribution in [0.5, 0.6) is 0 Å². The number of urea groups is 1. The highest BCUT2D eigenvalue weighted by molar-refractivity contribution is 7.11. The van der Waals surface area contributed by atoms with Crippen LogP contribution in [0.25, 0.3) is 6.08 Å². The van der Waals surface area contributed by atoms with Gasteiger partial charge in [0.05, 0.1) is 11.8 Å². The molecule has 0 radical (unpaired) electrons. The highest BCUT2D eigenvalue weighted by Crippen LogP contribution is 2.45. The van der Waals surface area contributed by atoms with Gasteiger partial charge in [-0.2, -0.15) is 5.10 Å². The van der Waals surface area contributed by atoms with Crippen LogP contribution < -0.4 is 5.32 Å². The predicted molar refractivity (Wildman–Crippen MR) is 148 cm³/mol. The van der Waals surface area contributed by atoms with Crippen molar-refractivity contribution in [1.29, 1.82) is 0 Å². The third-order valence-electron chi connectivity index (χ3n) is 7.62. The summed E-state index contributed by atoms with van der Waals surface area (Å²) in [6, 6.07) is 7.46. The zero-order chi connectivity index (χ0) is 26.0. The third-order valence-corrected chi connectivity index (χ3v) is 9.38. The van der Waals surface area contributed by atoms with Crippen LogP contribution in [0.15, 0.2) is 45.7 Å².